The van der Waals surface area contributed by atoms with E-state index in [1.54, 1.807) is 60.7 Å². The molecule has 228 valence electrons. The number of nitrogens with two attached hydrogens (primary N) is 1. The Bertz CT molecular complexity index is 1530. The Kier molecular flexibility index (Phi) is 11.6. The van der Waals surface area contributed by atoms with E-state index in [1.807, 2.05) is 43.3 Å². The molecule has 0 aliphatic heterocycles. The summed E-state index contributed by atoms with van der Waals surface area (Å²) in [6.45, 7) is 2.64. The van der Waals surface area contributed by atoms with Crippen molar-refractivity contribution in [1.29, 1.82) is 0 Å². The Labute approximate surface area is 256 Å². The van der Waals surface area contributed by atoms with E-state index in [0.717, 1.165) is 0 Å². The van der Waals surface area contributed by atoms with Crippen LogP contribution in [0.2, 0.25) is 0 Å². The van der Waals surface area contributed by atoms with Crippen LogP contribution in [-0.2, 0) is 22.7 Å². The average Bonchev–Trinajstić information content (AvgIpc) is 3.05. The van der Waals surface area contributed by atoms with Crippen LogP contribution in [0.25, 0.3) is 0 Å². The zero-order chi connectivity index (χ0) is 31.3. The fourth-order valence-corrected chi connectivity index (χ4v) is 4.76. The number of nitrogens with one attached hydrogen (secondary N) is 3. The molecular weight excluding hydrogens is 559 g/mol. The van der Waals surface area contributed by atoms with Gasteiger partial charge < -0.3 is 26.4 Å². The summed E-state index contributed by atoms with van der Waals surface area (Å²) in [6, 6.07) is 29.7. The lowest BCUT2D eigenvalue weighted by Crippen LogP contribution is -2.41. The van der Waals surface area contributed by atoms with Gasteiger partial charge in [-0.05, 0) is 53.9 Å². The zero-order valence-electron chi connectivity index (χ0n) is 24.6. The molecule has 3 amide bonds. The van der Waals surface area contributed by atoms with Gasteiger partial charge >= 0.3 is 0 Å². The summed E-state index contributed by atoms with van der Waals surface area (Å²) in [6.07, 6.45) is 0. The van der Waals surface area contributed by atoms with Crippen molar-refractivity contribution in [1.82, 2.24) is 16.0 Å². The molecule has 2 atom stereocenters. The van der Waals surface area contributed by atoms with Crippen molar-refractivity contribution < 1.29 is 23.5 Å². The molecule has 0 spiro atoms. The maximum atomic E-state index is 14.2. The topological polar surface area (TPSA) is 123 Å². The van der Waals surface area contributed by atoms with Gasteiger partial charge in [0.25, 0.3) is 5.91 Å². The highest BCUT2D eigenvalue weighted by atomic mass is 19.1. The third-order valence-corrected chi connectivity index (χ3v) is 7.22. The van der Waals surface area contributed by atoms with Crippen molar-refractivity contribution in [2.24, 2.45) is 5.73 Å². The fraction of sp³-hybridized carbons (Fsp3) is 0.229. The third-order valence-electron chi connectivity index (χ3n) is 7.22. The maximum absolute atomic E-state index is 14.2. The van der Waals surface area contributed by atoms with Crippen molar-refractivity contribution in [3.63, 3.8) is 0 Å². The molecule has 0 unspecified atom stereocenters. The molecule has 9 heteroatoms. The fourth-order valence-electron chi connectivity index (χ4n) is 4.76. The number of carbonyl (C=O) groups excluding carboxylic acids is 3. The summed E-state index contributed by atoms with van der Waals surface area (Å²) < 4.78 is 19.8. The number of hydrogen-bond donors (Lipinski definition) is 4. The molecule has 4 aromatic rings. The van der Waals surface area contributed by atoms with Gasteiger partial charge in [0, 0.05) is 37.3 Å². The van der Waals surface area contributed by atoms with E-state index in [4.69, 9.17) is 10.5 Å². The van der Waals surface area contributed by atoms with Gasteiger partial charge in [0.05, 0.1) is 18.4 Å². The van der Waals surface area contributed by atoms with Crippen LogP contribution in [0.1, 0.15) is 51.4 Å². The summed E-state index contributed by atoms with van der Waals surface area (Å²) >= 11 is 0. The second kappa shape index (κ2) is 16.0. The third kappa shape index (κ3) is 8.75. The van der Waals surface area contributed by atoms with E-state index < -0.39 is 17.7 Å². The van der Waals surface area contributed by atoms with Crippen molar-refractivity contribution in [3.8, 4) is 5.75 Å². The maximum Gasteiger partial charge on any atom is 0.251 e. The lowest BCUT2D eigenvalue weighted by atomic mass is 9.95. The van der Waals surface area contributed by atoms with E-state index in [2.05, 4.69) is 16.0 Å². The minimum Gasteiger partial charge on any atom is -0.494 e. The van der Waals surface area contributed by atoms with Crippen LogP contribution >= 0.6 is 0 Å². The van der Waals surface area contributed by atoms with E-state index >= 15 is 0 Å². The molecule has 0 fully saturated rings. The van der Waals surface area contributed by atoms with Crippen LogP contribution in [0.4, 0.5) is 4.39 Å². The molecule has 0 heterocycles. The molecule has 0 bridgehead atoms. The van der Waals surface area contributed by atoms with Crippen molar-refractivity contribution in [2.45, 2.75) is 31.8 Å². The first-order valence-electron chi connectivity index (χ1n) is 14.5. The quantitative estimate of drug-likeness (QED) is 0.172. The molecular formula is C35H37FN4O4. The predicted molar refractivity (Wildman–Crippen MR) is 167 cm³/mol. The van der Waals surface area contributed by atoms with Crippen LogP contribution in [-0.4, -0.2) is 37.4 Å². The van der Waals surface area contributed by atoms with Crippen molar-refractivity contribution in [3.05, 3.63) is 137 Å². The van der Waals surface area contributed by atoms with Gasteiger partial charge in [-0.2, -0.15) is 0 Å². The average molecular weight is 597 g/mol. The van der Waals surface area contributed by atoms with Crippen LogP contribution in [0.15, 0.2) is 103 Å². The Balaban J connectivity index is 1.48. The molecule has 8 nitrogen and oxygen atoms in total. The minimum absolute atomic E-state index is 0.00924. The molecule has 0 aliphatic carbocycles. The minimum atomic E-state index is -0.734. The van der Waals surface area contributed by atoms with Gasteiger partial charge in [-0.15, -0.1) is 0 Å². The molecule has 0 saturated carbocycles. The van der Waals surface area contributed by atoms with Gasteiger partial charge in [-0.1, -0.05) is 72.8 Å². The number of halogens is 1. The van der Waals surface area contributed by atoms with Gasteiger partial charge in [0.2, 0.25) is 11.8 Å². The molecule has 5 N–H and O–H groups in total. The van der Waals surface area contributed by atoms with Crippen molar-refractivity contribution >= 4 is 17.7 Å². The van der Waals surface area contributed by atoms with Crippen LogP contribution in [0.3, 0.4) is 0 Å². The number of ether oxygens (including phenoxy) is 1. The van der Waals surface area contributed by atoms with Crippen LogP contribution in [0, 0.1) is 5.82 Å². The number of carbonyl (C=O) groups is 3. The summed E-state index contributed by atoms with van der Waals surface area (Å²) in [5, 5.41) is 8.66. The normalized spacial score (nSPS) is 12.1. The molecule has 0 saturated heterocycles. The molecule has 0 aliphatic rings. The number of hydrogen-bond acceptors (Lipinski definition) is 5. The summed E-state index contributed by atoms with van der Waals surface area (Å²) in [5.74, 6) is -2.18. The highest BCUT2D eigenvalue weighted by Crippen LogP contribution is 2.22. The monoisotopic (exact) mass is 596 g/mol. The SMILES string of the molecule is CCOc1ccc([C@@H](CNC(=O)c2ccccc2)C(=O)NC[C@H](C(=O)NCc2ccc(CN)c(F)c2)c2ccccc2)cc1. The standard InChI is InChI=1S/C35H37FN4O4/c1-2-44-29-17-15-26(16-18-29)31(22-39-33(41)27-11-7-4-8-12-27)35(43)40-23-30(25-9-5-3-6-10-25)34(42)38-21-24-13-14-28(20-37)32(36)19-24/h3-19,30-31H,2,20-23,37H2,1H3,(H,38,42)(H,39,41)(H,40,43)/t30-,31+/m0/s1. The smallest absolute Gasteiger partial charge is 0.251 e. The summed E-state index contributed by atoms with van der Waals surface area (Å²) in [7, 11) is 0. The molecule has 0 aromatic heterocycles. The molecule has 0 radical (unpaired) electrons. The molecule has 44 heavy (non-hydrogen) atoms. The van der Waals surface area contributed by atoms with Crippen molar-refractivity contribution in [2.75, 3.05) is 19.7 Å². The number of rotatable bonds is 14. The first-order chi connectivity index (χ1) is 21.4. The van der Waals surface area contributed by atoms with E-state index in [-0.39, 0.29) is 43.9 Å². The molecule has 4 aromatic carbocycles. The number of benzene rings is 4. The highest BCUT2D eigenvalue weighted by Gasteiger charge is 2.26. The largest absolute Gasteiger partial charge is 0.494 e. The van der Waals surface area contributed by atoms with Crippen LogP contribution < -0.4 is 26.4 Å². The first kappa shape index (κ1) is 31.9. The predicted octanol–water partition coefficient (Wildman–Crippen LogP) is 4.41. The second-order valence-corrected chi connectivity index (χ2v) is 10.2. The van der Waals surface area contributed by atoms with Gasteiger partial charge in [-0.3, -0.25) is 14.4 Å². The Hall–Kier alpha value is -5.02. The lowest BCUT2D eigenvalue weighted by Gasteiger charge is -2.22. The van der Waals surface area contributed by atoms with Gasteiger partial charge in [-0.25, -0.2) is 4.39 Å². The number of amides is 3. The second-order valence-electron chi connectivity index (χ2n) is 10.2. The summed E-state index contributed by atoms with van der Waals surface area (Å²) in [4.78, 5) is 39.8. The Morgan fingerprint density at radius 2 is 1.34 bits per heavy atom. The first-order valence-corrected chi connectivity index (χ1v) is 14.5. The lowest BCUT2D eigenvalue weighted by molar-refractivity contribution is -0.124. The van der Waals surface area contributed by atoms with Gasteiger partial charge in [0.15, 0.2) is 0 Å². The summed E-state index contributed by atoms with van der Waals surface area (Å²) in [5.41, 5.74) is 8.42. The molecule has 4 rings (SSSR count). The highest BCUT2D eigenvalue weighted by molar-refractivity contribution is 5.95. The van der Waals surface area contributed by atoms with E-state index in [1.165, 1.54) is 6.07 Å². The Morgan fingerprint density at radius 1 is 0.750 bits per heavy atom. The van der Waals surface area contributed by atoms with E-state index in [0.29, 0.717) is 40.2 Å². The van der Waals surface area contributed by atoms with Gasteiger partial charge in [0.1, 0.15) is 11.6 Å². The Morgan fingerprint density at radius 3 is 1.95 bits per heavy atom. The van der Waals surface area contributed by atoms with E-state index in [9.17, 15) is 18.8 Å². The van der Waals surface area contributed by atoms with Crippen LogP contribution in [0.5, 0.6) is 5.75 Å². The zero-order valence-corrected chi connectivity index (χ0v) is 24.6.